The molecule has 0 aliphatic carbocycles. The smallest absolute Gasteiger partial charge is 0.0565 e. The number of ether oxygens (including phenoxy) is 1. The molecule has 0 aromatic carbocycles. The van der Waals surface area contributed by atoms with Crippen molar-refractivity contribution in [3.05, 3.63) is 0 Å². The van der Waals surface area contributed by atoms with E-state index < -0.39 is 0 Å². The van der Waals surface area contributed by atoms with Gasteiger partial charge in [-0.25, -0.2) is 0 Å². The van der Waals surface area contributed by atoms with E-state index in [0.717, 1.165) is 32.5 Å². The van der Waals surface area contributed by atoms with Crippen molar-refractivity contribution in [2.45, 2.75) is 58.2 Å². The summed E-state index contributed by atoms with van der Waals surface area (Å²) in [5, 5.41) is 0. The highest BCUT2D eigenvalue weighted by molar-refractivity contribution is 4.96. The van der Waals surface area contributed by atoms with Gasteiger partial charge in [0.05, 0.1) is 6.10 Å². The third kappa shape index (κ3) is 2.71. The Bertz CT molecular complexity index is 196. The second kappa shape index (κ2) is 5.28. The first kappa shape index (κ1) is 12.9. The molecule has 1 fully saturated rings. The number of likely N-dealkylation sites (N-methyl/N-ethyl adjacent to an activating group) is 1. The molecule has 0 aromatic rings. The molecule has 0 radical (unpaired) electrons. The average molecular weight is 214 g/mol. The van der Waals surface area contributed by atoms with Crippen LogP contribution in [0.1, 0.15) is 40.5 Å². The van der Waals surface area contributed by atoms with Gasteiger partial charge in [-0.3, -0.25) is 4.90 Å². The first-order valence-electron chi connectivity index (χ1n) is 6.14. The van der Waals surface area contributed by atoms with Crippen molar-refractivity contribution in [2.75, 3.05) is 19.7 Å². The Kier molecular flexibility index (Phi) is 4.56. The van der Waals surface area contributed by atoms with Crippen LogP contribution in [0.4, 0.5) is 0 Å². The Hall–Kier alpha value is -0.120. The highest BCUT2D eigenvalue weighted by Crippen LogP contribution is 2.31. The summed E-state index contributed by atoms with van der Waals surface area (Å²) in [6.07, 6.45) is 2.48. The molecule has 3 heteroatoms. The van der Waals surface area contributed by atoms with Crippen LogP contribution in [-0.2, 0) is 4.74 Å². The van der Waals surface area contributed by atoms with Crippen molar-refractivity contribution in [1.29, 1.82) is 0 Å². The molecule has 1 rings (SSSR count). The summed E-state index contributed by atoms with van der Waals surface area (Å²) in [5.74, 6) is 0. The van der Waals surface area contributed by atoms with Crippen molar-refractivity contribution in [3.63, 3.8) is 0 Å². The maximum absolute atomic E-state index is 6.02. The van der Waals surface area contributed by atoms with Gasteiger partial charge in [0.15, 0.2) is 0 Å². The normalized spacial score (nSPS) is 32.6. The number of hydrogen-bond donors (Lipinski definition) is 1. The van der Waals surface area contributed by atoms with Crippen LogP contribution in [0, 0.1) is 0 Å². The number of hydrogen-bond acceptors (Lipinski definition) is 3. The topological polar surface area (TPSA) is 38.5 Å². The van der Waals surface area contributed by atoms with Crippen LogP contribution in [0.15, 0.2) is 0 Å². The zero-order valence-electron chi connectivity index (χ0n) is 10.6. The van der Waals surface area contributed by atoms with E-state index in [1.165, 1.54) is 0 Å². The predicted octanol–water partition coefficient (Wildman–Crippen LogP) is 1.61. The molecule has 0 saturated carbocycles. The van der Waals surface area contributed by atoms with Gasteiger partial charge >= 0.3 is 0 Å². The Balaban J connectivity index is 2.81. The SMILES string of the molecule is CCN(C(C)C)C1(CN)CCOC(C)C1. The van der Waals surface area contributed by atoms with E-state index in [1.54, 1.807) is 0 Å². The van der Waals surface area contributed by atoms with Crippen LogP contribution in [0.25, 0.3) is 0 Å². The van der Waals surface area contributed by atoms with E-state index in [9.17, 15) is 0 Å². The first-order chi connectivity index (χ1) is 7.05. The minimum absolute atomic E-state index is 0.167. The van der Waals surface area contributed by atoms with Crippen LogP contribution in [0.2, 0.25) is 0 Å². The van der Waals surface area contributed by atoms with E-state index in [2.05, 4.69) is 32.6 Å². The van der Waals surface area contributed by atoms with Crippen LogP contribution in [0.5, 0.6) is 0 Å². The van der Waals surface area contributed by atoms with Crippen LogP contribution in [0.3, 0.4) is 0 Å². The summed E-state index contributed by atoms with van der Waals surface area (Å²) in [7, 11) is 0. The van der Waals surface area contributed by atoms with Gasteiger partial charge in [-0.05, 0) is 40.2 Å². The molecule has 0 bridgehead atoms. The monoisotopic (exact) mass is 214 g/mol. The summed E-state index contributed by atoms with van der Waals surface area (Å²) in [6, 6.07) is 0.559. The largest absolute Gasteiger partial charge is 0.378 e. The molecular formula is C12H26N2O. The Morgan fingerprint density at radius 2 is 2.20 bits per heavy atom. The van der Waals surface area contributed by atoms with Gasteiger partial charge in [-0.2, -0.15) is 0 Å². The van der Waals surface area contributed by atoms with E-state index in [0.29, 0.717) is 12.1 Å². The Morgan fingerprint density at radius 1 is 1.53 bits per heavy atom. The zero-order chi connectivity index (χ0) is 11.5. The molecule has 0 amide bonds. The van der Waals surface area contributed by atoms with Crippen molar-refractivity contribution < 1.29 is 4.74 Å². The maximum atomic E-state index is 6.02. The fourth-order valence-corrected chi connectivity index (χ4v) is 2.96. The number of rotatable bonds is 4. The van der Waals surface area contributed by atoms with E-state index >= 15 is 0 Å². The van der Waals surface area contributed by atoms with Crippen molar-refractivity contribution in [1.82, 2.24) is 4.90 Å². The molecule has 2 atom stereocenters. The lowest BCUT2D eigenvalue weighted by Crippen LogP contribution is -2.60. The van der Waals surface area contributed by atoms with Gasteiger partial charge in [-0.1, -0.05) is 6.92 Å². The lowest BCUT2D eigenvalue weighted by molar-refractivity contribution is -0.0716. The molecule has 1 aliphatic rings. The molecule has 0 spiro atoms. The van der Waals surface area contributed by atoms with Crippen LogP contribution < -0.4 is 5.73 Å². The minimum Gasteiger partial charge on any atom is -0.378 e. The van der Waals surface area contributed by atoms with E-state index in [-0.39, 0.29) is 5.54 Å². The molecule has 1 saturated heterocycles. The fraction of sp³-hybridized carbons (Fsp3) is 1.00. The second-order valence-corrected chi connectivity index (χ2v) is 4.94. The molecule has 1 heterocycles. The highest BCUT2D eigenvalue weighted by atomic mass is 16.5. The van der Waals surface area contributed by atoms with Gasteiger partial charge in [0.25, 0.3) is 0 Å². The lowest BCUT2D eigenvalue weighted by Gasteiger charge is -2.49. The molecule has 2 N–H and O–H groups in total. The average Bonchev–Trinajstić information content (AvgIpc) is 2.18. The number of nitrogens with zero attached hydrogens (tertiary/aromatic N) is 1. The van der Waals surface area contributed by atoms with Crippen LogP contribution >= 0.6 is 0 Å². The summed E-state index contributed by atoms with van der Waals surface area (Å²) in [4.78, 5) is 2.53. The molecule has 0 aromatic heterocycles. The maximum Gasteiger partial charge on any atom is 0.0565 e. The van der Waals surface area contributed by atoms with Gasteiger partial charge in [0, 0.05) is 24.7 Å². The van der Waals surface area contributed by atoms with E-state index in [1.807, 2.05) is 0 Å². The molecule has 2 unspecified atom stereocenters. The van der Waals surface area contributed by atoms with Gasteiger partial charge in [-0.15, -0.1) is 0 Å². The molecule has 90 valence electrons. The molecule has 3 nitrogen and oxygen atoms in total. The second-order valence-electron chi connectivity index (χ2n) is 4.94. The third-order valence-electron chi connectivity index (χ3n) is 3.59. The molecular weight excluding hydrogens is 188 g/mol. The summed E-state index contributed by atoms with van der Waals surface area (Å²) >= 11 is 0. The van der Waals surface area contributed by atoms with Crippen molar-refractivity contribution in [3.8, 4) is 0 Å². The summed E-state index contributed by atoms with van der Waals surface area (Å²) in [6.45, 7) is 11.5. The lowest BCUT2D eigenvalue weighted by atomic mass is 9.84. The Labute approximate surface area is 94.0 Å². The van der Waals surface area contributed by atoms with Gasteiger partial charge in [0.1, 0.15) is 0 Å². The molecule has 1 aliphatic heterocycles. The van der Waals surface area contributed by atoms with E-state index in [4.69, 9.17) is 10.5 Å². The van der Waals surface area contributed by atoms with Gasteiger partial charge < -0.3 is 10.5 Å². The Morgan fingerprint density at radius 3 is 2.60 bits per heavy atom. The quantitative estimate of drug-likeness (QED) is 0.773. The zero-order valence-corrected chi connectivity index (χ0v) is 10.6. The minimum atomic E-state index is 0.167. The summed E-state index contributed by atoms with van der Waals surface area (Å²) < 4.78 is 5.63. The molecule has 15 heavy (non-hydrogen) atoms. The first-order valence-corrected chi connectivity index (χ1v) is 6.14. The summed E-state index contributed by atoms with van der Waals surface area (Å²) in [5.41, 5.74) is 6.18. The van der Waals surface area contributed by atoms with Crippen molar-refractivity contribution in [2.24, 2.45) is 5.73 Å². The van der Waals surface area contributed by atoms with Crippen molar-refractivity contribution >= 4 is 0 Å². The predicted molar refractivity (Wildman–Crippen MR) is 63.9 cm³/mol. The number of nitrogens with two attached hydrogens (primary N) is 1. The van der Waals surface area contributed by atoms with Gasteiger partial charge in [0.2, 0.25) is 0 Å². The highest BCUT2D eigenvalue weighted by Gasteiger charge is 2.39. The standard InChI is InChI=1S/C12H26N2O/c1-5-14(10(2)3)12(9-13)6-7-15-11(4)8-12/h10-11H,5-9,13H2,1-4H3. The third-order valence-corrected chi connectivity index (χ3v) is 3.59. The fourth-order valence-electron chi connectivity index (χ4n) is 2.96. The van der Waals surface area contributed by atoms with Crippen LogP contribution in [-0.4, -0.2) is 42.3 Å².